The molecule has 7 heteroatoms. The molecule has 0 unspecified atom stereocenters. The number of carbonyl (C=O) groups excluding carboxylic acids is 1. The molecule has 4 nitrogen and oxygen atoms in total. The topological polar surface area (TPSA) is 45.5 Å². The number of halogens is 3. The number of amides is 2. The molecule has 35 heavy (non-hydrogen) atoms. The largest absolute Gasteiger partial charge is 0.464 e. The van der Waals surface area contributed by atoms with E-state index in [2.05, 4.69) is 5.32 Å². The summed E-state index contributed by atoms with van der Waals surface area (Å²) in [7, 11) is 0. The van der Waals surface area contributed by atoms with Gasteiger partial charge in [-0.25, -0.2) is 18.0 Å². The van der Waals surface area contributed by atoms with Crippen molar-refractivity contribution in [2.45, 2.75) is 37.6 Å². The van der Waals surface area contributed by atoms with Crippen LogP contribution in [0.2, 0.25) is 0 Å². The zero-order chi connectivity index (χ0) is 24.4. The van der Waals surface area contributed by atoms with Crippen LogP contribution >= 0.6 is 0 Å². The summed E-state index contributed by atoms with van der Waals surface area (Å²) in [5, 5.41) is 3.35. The minimum Gasteiger partial charge on any atom is -0.464 e. The Morgan fingerprint density at radius 1 is 0.943 bits per heavy atom. The van der Waals surface area contributed by atoms with Crippen LogP contribution < -0.4 is 5.32 Å². The predicted molar refractivity (Wildman–Crippen MR) is 129 cm³/mol. The number of benzene rings is 3. The molecule has 2 amide bonds. The molecule has 4 aromatic rings. The monoisotopic (exact) mass is 478 g/mol. The van der Waals surface area contributed by atoms with E-state index in [1.54, 1.807) is 11.2 Å². The summed E-state index contributed by atoms with van der Waals surface area (Å²) < 4.78 is 47.8. The van der Waals surface area contributed by atoms with Gasteiger partial charge in [0.2, 0.25) is 0 Å². The van der Waals surface area contributed by atoms with Crippen molar-refractivity contribution in [2.24, 2.45) is 0 Å². The smallest absolute Gasteiger partial charge is 0.322 e. The number of nitrogens with one attached hydrogen (secondary N) is 1. The number of hydrogen-bond donors (Lipinski definition) is 1. The van der Waals surface area contributed by atoms with Crippen LogP contribution in [0.25, 0.3) is 11.0 Å². The van der Waals surface area contributed by atoms with E-state index in [4.69, 9.17) is 4.42 Å². The van der Waals surface area contributed by atoms with Crippen LogP contribution in [0.1, 0.15) is 36.8 Å². The number of fused-ring (bicyclic) bond motifs is 1. The summed E-state index contributed by atoms with van der Waals surface area (Å²) in [4.78, 5) is 15.0. The Kier molecular flexibility index (Phi) is 6.24. The lowest BCUT2D eigenvalue weighted by Crippen LogP contribution is -2.44. The van der Waals surface area contributed by atoms with Crippen molar-refractivity contribution in [3.05, 3.63) is 102 Å². The number of hydrogen-bond acceptors (Lipinski definition) is 2. The number of furan rings is 1. The third-order valence-corrected chi connectivity index (χ3v) is 6.85. The van der Waals surface area contributed by atoms with Crippen LogP contribution in [-0.2, 0) is 12.0 Å². The van der Waals surface area contributed by atoms with Crippen LogP contribution in [0.4, 0.5) is 23.7 Å². The Hall–Kier alpha value is -3.74. The maximum atomic E-state index is 14.3. The highest BCUT2D eigenvalue weighted by Crippen LogP contribution is 2.45. The standard InChI is InChI=1S/C28H25F3N2O2/c29-20-14-23(30)26(24(31)15-20)32-27(34)33(16-19-8-2-1-3-9-19)18-28(12-6-7-13-28)22-17-35-25-11-5-4-10-21(22)25/h1-5,8-11,14-15,17H,6-7,12-13,16,18H2,(H,32,34). The van der Waals surface area contributed by atoms with Crippen molar-refractivity contribution in [2.75, 3.05) is 11.9 Å². The molecule has 1 N–H and O–H groups in total. The van der Waals surface area contributed by atoms with Gasteiger partial charge in [-0.3, -0.25) is 0 Å². The number of nitrogens with zero attached hydrogens (tertiary/aromatic N) is 1. The van der Waals surface area contributed by atoms with Gasteiger partial charge >= 0.3 is 6.03 Å². The normalized spacial score (nSPS) is 14.8. The highest BCUT2D eigenvalue weighted by Gasteiger charge is 2.40. The molecule has 5 rings (SSSR count). The number of anilines is 1. The Morgan fingerprint density at radius 2 is 1.60 bits per heavy atom. The van der Waals surface area contributed by atoms with E-state index in [1.165, 1.54) is 0 Å². The van der Waals surface area contributed by atoms with Gasteiger partial charge in [0.05, 0.1) is 6.26 Å². The highest BCUT2D eigenvalue weighted by atomic mass is 19.1. The molecule has 0 bridgehead atoms. The molecule has 0 radical (unpaired) electrons. The number of rotatable bonds is 6. The van der Waals surface area contributed by atoms with E-state index >= 15 is 0 Å². The molecule has 1 heterocycles. The number of carbonyl (C=O) groups is 1. The second kappa shape index (κ2) is 9.49. The Morgan fingerprint density at radius 3 is 2.31 bits per heavy atom. The van der Waals surface area contributed by atoms with Gasteiger partial charge in [-0.15, -0.1) is 0 Å². The Balaban J connectivity index is 1.50. The van der Waals surface area contributed by atoms with Crippen LogP contribution in [0, 0.1) is 17.5 Å². The van der Waals surface area contributed by atoms with E-state index in [1.807, 2.05) is 54.6 Å². The third kappa shape index (κ3) is 4.63. The number of para-hydroxylation sites is 1. The van der Waals surface area contributed by atoms with Gasteiger partial charge in [-0.05, 0) is 24.5 Å². The van der Waals surface area contributed by atoms with Gasteiger partial charge < -0.3 is 14.6 Å². The van der Waals surface area contributed by atoms with Crippen LogP contribution in [0.3, 0.4) is 0 Å². The molecule has 1 aliphatic rings. The maximum absolute atomic E-state index is 14.3. The highest BCUT2D eigenvalue weighted by molar-refractivity contribution is 5.90. The summed E-state index contributed by atoms with van der Waals surface area (Å²) in [6, 6.07) is 17.7. The maximum Gasteiger partial charge on any atom is 0.322 e. The van der Waals surface area contributed by atoms with Crippen molar-refractivity contribution in [3.63, 3.8) is 0 Å². The van der Waals surface area contributed by atoms with E-state index in [-0.39, 0.29) is 12.0 Å². The molecular weight excluding hydrogens is 453 g/mol. The third-order valence-electron chi connectivity index (χ3n) is 6.85. The second-order valence-corrected chi connectivity index (χ2v) is 9.15. The summed E-state index contributed by atoms with van der Waals surface area (Å²) in [6.07, 6.45) is 5.49. The van der Waals surface area contributed by atoms with Gasteiger partial charge in [0.25, 0.3) is 0 Å². The van der Waals surface area contributed by atoms with Gasteiger partial charge in [-0.1, -0.05) is 61.4 Å². The first kappa shape index (κ1) is 23.0. The van der Waals surface area contributed by atoms with Crippen LogP contribution in [0.15, 0.2) is 77.4 Å². The summed E-state index contributed by atoms with van der Waals surface area (Å²) in [6.45, 7) is 0.580. The van der Waals surface area contributed by atoms with E-state index in [9.17, 15) is 18.0 Å². The fraction of sp³-hybridized carbons (Fsp3) is 0.250. The first-order valence-corrected chi connectivity index (χ1v) is 11.7. The van der Waals surface area contributed by atoms with Gasteiger partial charge in [0, 0.05) is 41.6 Å². The first-order chi connectivity index (χ1) is 16.9. The van der Waals surface area contributed by atoms with Crippen LogP contribution in [-0.4, -0.2) is 17.5 Å². The Labute approximate surface area is 201 Å². The molecule has 0 aliphatic heterocycles. The molecule has 1 aromatic heterocycles. The fourth-order valence-electron chi connectivity index (χ4n) is 5.17. The quantitative estimate of drug-likeness (QED) is 0.314. The minimum atomic E-state index is -1.16. The van der Waals surface area contributed by atoms with Crippen molar-refractivity contribution >= 4 is 22.7 Å². The van der Waals surface area contributed by atoms with Crippen LogP contribution in [0.5, 0.6) is 0 Å². The summed E-state index contributed by atoms with van der Waals surface area (Å²) >= 11 is 0. The zero-order valence-corrected chi connectivity index (χ0v) is 19.1. The lowest BCUT2D eigenvalue weighted by atomic mass is 9.78. The minimum absolute atomic E-state index is 0.245. The van der Waals surface area contributed by atoms with Gasteiger partial charge in [0.1, 0.15) is 17.1 Å². The molecule has 0 atom stereocenters. The number of urea groups is 1. The fourth-order valence-corrected chi connectivity index (χ4v) is 5.17. The second-order valence-electron chi connectivity index (χ2n) is 9.15. The first-order valence-electron chi connectivity index (χ1n) is 11.7. The predicted octanol–water partition coefficient (Wildman–Crippen LogP) is 7.40. The molecule has 0 spiro atoms. The summed E-state index contributed by atoms with van der Waals surface area (Å²) in [5.74, 6) is -3.37. The van der Waals surface area contributed by atoms with E-state index in [0.29, 0.717) is 18.7 Å². The average Bonchev–Trinajstić information content (AvgIpc) is 3.49. The van der Waals surface area contributed by atoms with Crippen molar-refractivity contribution in [1.82, 2.24) is 4.90 Å². The van der Waals surface area contributed by atoms with E-state index < -0.39 is 29.2 Å². The lowest BCUT2D eigenvalue weighted by molar-refractivity contribution is 0.188. The molecule has 1 saturated carbocycles. The molecule has 0 saturated heterocycles. The van der Waals surface area contributed by atoms with Crippen molar-refractivity contribution in [1.29, 1.82) is 0 Å². The van der Waals surface area contributed by atoms with Crippen molar-refractivity contribution in [3.8, 4) is 0 Å². The molecular formula is C28H25F3N2O2. The average molecular weight is 479 g/mol. The molecule has 1 aliphatic carbocycles. The zero-order valence-electron chi connectivity index (χ0n) is 19.1. The van der Waals surface area contributed by atoms with Gasteiger partial charge in [-0.2, -0.15) is 0 Å². The molecule has 1 fully saturated rings. The molecule has 3 aromatic carbocycles. The lowest BCUT2D eigenvalue weighted by Gasteiger charge is -2.35. The van der Waals surface area contributed by atoms with Gasteiger partial charge in [0.15, 0.2) is 11.6 Å². The SMILES string of the molecule is O=C(Nc1c(F)cc(F)cc1F)N(Cc1ccccc1)CC1(c2coc3ccccc23)CCCC1. The van der Waals surface area contributed by atoms with Crippen molar-refractivity contribution < 1.29 is 22.4 Å². The summed E-state index contributed by atoms with van der Waals surface area (Å²) in [5.41, 5.74) is 1.67. The Bertz CT molecular complexity index is 1320. The molecule has 180 valence electrons. The van der Waals surface area contributed by atoms with E-state index in [0.717, 1.165) is 47.8 Å².